The highest BCUT2D eigenvalue weighted by Gasteiger charge is 2.36. The fourth-order valence-corrected chi connectivity index (χ4v) is 3.66. The third kappa shape index (κ3) is 2.54. The molecular formula is C18H20ClN2O3+. The molecule has 2 aliphatic rings. The molecule has 4 rings (SSSR count). The average molecular weight is 348 g/mol. The fourth-order valence-electron chi connectivity index (χ4n) is 3.47. The van der Waals surface area contributed by atoms with Crippen LogP contribution in [0.2, 0.25) is 5.02 Å². The number of likely N-dealkylation sites (N-methyl/N-ethyl adjacent to an activating group) is 1. The number of nitrogens with one attached hydrogen (secondary N) is 2. The van der Waals surface area contributed by atoms with Gasteiger partial charge in [0.25, 0.3) is 0 Å². The quantitative estimate of drug-likeness (QED) is 0.894. The Morgan fingerprint density at radius 2 is 2.17 bits per heavy atom. The normalized spacial score (nSPS) is 21.3. The van der Waals surface area contributed by atoms with Crippen molar-refractivity contribution in [2.75, 3.05) is 32.8 Å². The van der Waals surface area contributed by atoms with E-state index in [0.717, 1.165) is 35.7 Å². The molecule has 2 aromatic carbocycles. The summed E-state index contributed by atoms with van der Waals surface area (Å²) in [5.41, 5.74) is 3.35. The lowest BCUT2D eigenvalue weighted by Gasteiger charge is -2.33. The molecule has 0 fully saturated rings. The van der Waals surface area contributed by atoms with Crippen molar-refractivity contribution in [2.24, 2.45) is 0 Å². The molecule has 6 heteroatoms. The van der Waals surface area contributed by atoms with Crippen molar-refractivity contribution in [2.45, 2.75) is 12.6 Å². The molecule has 24 heavy (non-hydrogen) atoms. The van der Waals surface area contributed by atoms with Crippen molar-refractivity contribution in [1.82, 2.24) is 0 Å². The van der Waals surface area contributed by atoms with Crippen molar-refractivity contribution in [3.05, 3.63) is 46.5 Å². The highest BCUT2D eigenvalue weighted by molar-refractivity contribution is 6.30. The van der Waals surface area contributed by atoms with Crippen LogP contribution < -0.4 is 24.4 Å². The van der Waals surface area contributed by atoms with Gasteiger partial charge in [-0.05, 0) is 29.8 Å². The monoisotopic (exact) mass is 347 g/mol. The van der Waals surface area contributed by atoms with Crippen molar-refractivity contribution >= 4 is 17.3 Å². The molecule has 5 nitrogen and oxygen atoms in total. The minimum Gasteiger partial charge on any atom is -0.492 e. The van der Waals surface area contributed by atoms with Crippen LogP contribution in [0.4, 0.5) is 5.69 Å². The maximum atomic E-state index is 6.13. The first-order valence-electron chi connectivity index (χ1n) is 8.01. The van der Waals surface area contributed by atoms with Gasteiger partial charge in [0.1, 0.15) is 0 Å². The molecule has 0 radical (unpaired) electrons. The second-order valence-electron chi connectivity index (χ2n) is 6.15. The number of anilines is 1. The van der Waals surface area contributed by atoms with Crippen LogP contribution >= 0.6 is 11.6 Å². The van der Waals surface area contributed by atoms with Gasteiger partial charge in [-0.15, -0.1) is 0 Å². The molecule has 0 aliphatic carbocycles. The van der Waals surface area contributed by atoms with Gasteiger partial charge < -0.3 is 24.4 Å². The fraction of sp³-hybridized carbons (Fsp3) is 0.333. The molecule has 0 saturated carbocycles. The van der Waals surface area contributed by atoms with E-state index in [4.69, 9.17) is 25.8 Å². The zero-order chi connectivity index (χ0) is 16.7. The molecule has 1 unspecified atom stereocenters. The summed E-state index contributed by atoms with van der Waals surface area (Å²) in [5, 5.41) is 4.31. The van der Waals surface area contributed by atoms with Crippen LogP contribution in [-0.2, 0) is 6.42 Å². The molecule has 2 aliphatic heterocycles. The van der Waals surface area contributed by atoms with Crippen LogP contribution in [0.3, 0.4) is 0 Å². The van der Waals surface area contributed by atoms with Crippen LogP contribution in [0.15, 0.2) is 30.3 Å². The van der Waals surface area contributed by atoms with E-state index in [1.165, 1.54) is 10.5 Å². The zero-order valence-corrected chi connectivity index (χ0v) is 14.4. The number of halogens is 1. The van der Waals surface area contributed by atoms with E-state index in [0.29, 0.717) is 10.8 Å². The van der Waals surface area contributed by atoms with Gasteiger partial charge in [0.05, 0.1) is 26.3 Å². The molecule has 0 aromatic heterocycles. The smallest absolute Gasteiger partial charge is 0.231 e. The Balaban J connectivity index is 1.79. The number of rotatable bonds is 3. The summed E-state index contributed by atoms with van der Waals surface area (Å²) in [6, 6.07) is 9.85. The first-order chi connectivity index (χ1) is 11.7. The molecule has 2 N–H and O–H groups in total. The number of ether oxygens (including phenoxy) is 3. The summed E-state index contributed by atoms with van der Waals surface area (Å²) < 4.78 is 16.9. The van der Waals surface area contributed by atoms with Gasteiger partial charge in [-0.25, -0.2) is 0 Å². The summed E-state index contributed by atoms with van der Waals surface area (Å²) in [4.78, 5) is 1.36. The molecule has 0 bridgehead atoms. The molecule has 2 heterocycles. The van der Waals surface area contributed by atoms with Gasteiger partial charge >= 0.3 is 0 Å². The molecular weight excluding hydrogens is 328 g/mol. The summed E-state index contributed by atoms with van der Waals surface area (Å²) in [5.74, 6) is 2.23. The third-order valence-corrected chi connectivity index (χ3v) is 4.89. The number of quaternary nitrogens is 1. The number of fused-ring (bicyclic) bond motifs is 2. The average Bonchev–Trinajstić information content (AvgIpc) is 3.04. The SMILES string of the molecule is COc1c2c(cc3c1[C@@H](Nc1cccc(Cl)c1)[NH+](C)CC3)OCO2. The van der Waals surface area contributed by atoms with Gasteiger partial charge in [-0.2, -0.15) is 0 Å². The van der Waals surface area contributed by atoms with Gasteiger partial charge in [0.15, 0.2) is 17.7 Å². The van der Waals surface area contributed by atoms with Crippen LogP contribution in [0.5, 0.6) is 17.2 Å². The van der Waals surface area contributed by atoms with Crippen molar-refractivity contribution in [1.29, 1.82) is 0 Å². The summed E-state index contributed by atoms with van der Waals surface area (Å²) >= 11 is 6.13. The largest absolute Gasteiger partial charge is 0.492 e. The predicted octanol–water partition coefficient (Wildman–Crippen LogP) is 2.26. The Kier molecular flexibility index (Phi) is 3.90. The molecule has 126 valence electrons. The van der Waals surface area contributed by atoms with Crippen molar-refractivity contribution in [3.8, 4) is 17.2 Å². The van der Waals surface area contributed by atoms with E-state index in [1.807, 2.05) is 24.3 Å². The van der Waals surface area contributed by atoms with E-state index in [9.17, 15) is 0 Å². The van der Waals surface area contributed by atoms with Gasteiger partial charge in [-0.3, -0.25) is 0 Å². The van der Waals surface area contributed by atoms with Gasteiger partial charge in [0.2, 0.25) is 12.5 Å². The Morgan fingerprint density at radius 1 is 1.29 bits per heavy atom. The summed E-state index contributed by atoms with van der Waals surface area (Å²) in [6.45, 7) is 1.26. The van der Waals surface area contributed by atoms with Crippen molar-refractivity contribution < 1.29 is 19.1 Å². The van der Waals surface area contributed by atoms with Crippen LogP contribution in [0.1, 0.15) is 17.3 Å². The Labute approximate surface area is 146 Å². The molecule has 2 aromatic rings. The van der Waals surface area contributed by atoms with Crippen molar-refractivity contribution in [3.63, 3.8) is 0 Å². The van der Waals surface area contributed by atoms with E-state index in [1.54, 1.807) is 7.11 Å². The Morgan fingerprint density at radius 3 is 2.96 bits per heavy atom. The number of hydrogen-bond donors (Lipinski definition) is 2. The lowest BCUT2D eigenvalue weighted by atomic mass is 9.94. The molecule has 2 atom stereocenters. The molecule has 0 amide bonds. The third-order valence-electron chi connectivity index (χ3n) is 4.65. The van der Waals surface area contributed by atoms with Gasteiger partial charge in [0, 0.05) is 17.1 Å². The molecule has 0 spiro atoms. The van der Waals surface area contributed by atoms with E-state index in [2.05, 4.69) is 18.4 Å². The Hall–Kier alpha value is -2.11. The highest BCUT2D eigenvalue weighted by Crippen LogP contribution is 2.47. The van der Waals surface area contributed by atoms with Crippen LogP contribution in [-0.4, -0.2) is 27.5 Å². The lowest BCUT2D eigenvalue weighted by molar-refractivity contribution is -0.910. The second kappa shape index (κ2) is 6.07. The van der Waals surface area contributed by atoms with E-state index in [-0.39, 0.29) is 13.0 Å². The Bertz CT molecular complexity index is 781. The summed E-state index contributed by atoms with van der Waals surface area (Å²) in [7, 11) is 3.85. The molecule has 0 saturated heterocycles. The predicted molar refractivity (Wildman–Crippen MR) is 92.4 cm³/mol. The van der Waals surface area contributed by atoms with Crippen LogP contribution in [0, 0.1) is 0 Å². The number of methoxy groups -OCH3 is 1. The first kappa shape index (κ1) is 15.4. The number of hydrogen-bond acceptors (Lipinski definition) is 4. The lowest BCUT2D eigenvalue weighted by Crippen LogP contribution is -3.11. The van der Waals surface area contributed by atoms with E-state index >= 15 is 0 Å². The maximum absolute atomic E-state index is 6.13. The number of benzene rings is 2. The van der Waals surface area contributed by atoms with Crippen LogP contribution in [0.25, 0.3) is 0 Å². The minimum absolute atomic E-state index is 0.0525. The summed E-state index contributed by atoms with van der Waals surface area (Å²) in [6.07, 6.45) is 1.03. The topological polar surface area (TPSA) is 44.2 Å². The second-order valence-corrected chi connectivity index (χ2v) is 6.59. The maximum Gasteiger partial charge on any atom is 0.231 e. The zero-order valence-electron chi connectivity index (χ0n) is 13.7. The minimum atomic E-state index is 0.0525. The highest BCUT2D eigenvalue weighted by atomic mass is 35.5. The standard InChI is InChI=1S/C18H19ClN2O3/c1-21-7-6-11-8-14-16(24-10-23-14)17(22-2)15(11)18(21)20-13-5-3-4-12(19)9-13/h3-5,8-9,18,20H,6-7,10H2,1-2H3/p+1/t18-/m0/s1. The first-order valence-corrected chi connectivity index (χ1v) is 8.39. The van der Waals surface area contributed by atoms with E-state index < -0.39 is 0 Å². The van der Waals surface area contributed by atoms with Gasteiger partial charge in [-0.1, -0.05) is 17.7 Å².